The standard InChI is InChI=1S/C15H17N3O4/c1-9-3-5-10(6-4-9)11-7-12(18-17-11)14(19)16-13(8-22-2)15(20)21/h3-7,13H,8H2,1-2H3,(H,16,19)(H,17,18)(H,20,21). The van der Waals surface area contributed by atoms with E-state index in [-0.39, 0.29) is 12.3 Å². The van der Waals surface area contributed by atoms with Crippen LogP contribution in [0.4, 0.5) is 0 Å². The average Bonchev–Trinajstić information content (AvgIpc) is 2.97. The van der Waals surface area contributed by atoms with Crippen LogP contribution in [0.1, 0.15) is 16.1 Å². The number of carboxylic acid groups (broad SMARTS) is 1. The normalized spacial score (nSPS) is 11.9. The second-order valence-electron chi connectivity index (χ2n) is 4.85. The molecular formula is C15H17N3O4. The number of H-pyrrole nitrogens is 1. The van der Waals surface area contributed by atoms with Crippen molar-refractivity contribution in [3.8, 4) is 11.3 Å². The topological polar surface area (TPSA) is 104 Å². The molecule has 0 aliphatic carbocycles. The fraction of sp³-hybridized carbons (Fsp3) is 0.267. The molecule has 2 rings (SSSR count). The van der Waals surface area contributed by atoms with Crippen molar-refractivity contribution in [1.29, 1.82) is 0 Å². The molecule has 7 heteroatoms. The number of nitrogens with one attached hydrogen (secondary N) is 2. The molecule has 0 aliphatic heterocycles. The molecule has 0 saturated heterocycles. The number of aromatic nitrogens is 2. The maximum absolute atomic E-state index is 12.0. The van der Waals surface area contributed by atoms with Gasteiger partial charge in [0.1, 0.15) is 5.69 Å². The molecule has 1 aromatic heterocycles. The van der Waals surface area contributed by atoms with Crippen LogP contribution in [0.5, 0.6) is 0 Å². The molecule has 22 heavy (non-hydrogen) atoms. The molecule has 0 radical (unpaired) electrons. The monoisotopic (exact) mass is 303 g/mol. The summed E-state index contributed by atoms with van der Waals surface area (Å²) in [5, 5.41) is 18.0. The predicted octanol–water partition coefficient (Wildman–Crippen LogP) is 1.21. The molecular weight excluding hydrogens is 286 g/mol. The van der Waals surface area contributed by atoms with Crippen molar-refractivity contribution in [3.63, 3.8) is 0 Å². The summed E-state index contributed by atoms with van der Waals surface area (Å²) in [6.07, 6.45) is 0. The zero-order chi connectivity index (χ0) is 16.1. The number of benzene rings is 1. The van der Waals surface area contributed by atoms with Gasteiger partial charge in [-0.15, -0.1) is 0 Å². The van der Waals surface area contributed by atoms with Gasteiger partial charge in [0.05, 0.1) is 12.3 Å². The molecule has 0 spiro atoms. The van der Waals surface area contributed by atoms with Gasteiger partial charge in [0.15, 0.2) is 6.04 Å². The zero-order valence-corrected chi connectivity index (χ0v) is 12.3. The quantitative estimate of drug-likeness (QED) is 0.744. The van der Waals surface area contributed by atoms with Crippen molar-refractivity contribution >= 4 is 11.9 Å². The molecule has 0 aliphatic rings. The maximum Gasteiger partial charge on any atom is 0.328 e. The summed E-state index contributed by atoms with van der Waals surface area (Å²) in [5.41, 5.74) is 2.80. The third-order valence-corrected chi connectivity index (χ3v) is 3.11. The lowest BCUT2D eigenvalue weighted by Crippen LogP contribution is -2.43. The van der Waals surface area contributed by atoms with Crippen molar-refractivity contribution < 1.29 is 19.4 Å². The molecule has 7 nitrogen and oxygen atoms in total. The second kappa shape index (κ2) is 6.86. The van der Waals surface area contributed by atoms with Crippen molar-refractivity contribution in [2.75, 3.05) is 13.7 Å². The van der Waals surface area contributed by atoms with Crippen LogP contribution in [0.25, 0.3) is 11.3 Å². The van der Waals surface area contributed by atoms with Crippen molar-refractivity contribution in [2.45, 2.75) is 13.0 Å². The highest BCUT2D eigenvalue weighted by Gasteiger charge is 2.21. The van der Waals surface area contributed by atoms with E-state index < -0.39 is 17.9 Å². The van der Waals surface area contributed by atoms with Gasteiger partial charge in [-0.25, -0.2) is 4.79 Å². The van der Waals surface area contributed by atoms with E-state index in [0.717, 1.165) is 11.1 Å². The minimum Gasteiger partial charge on any atom is -0.480 e. The van der Waals surface area contributed by atoms with E-state index in [4.69, 9.17) is 9.84 Å². The van der Waals surface area contributed by atoms with E-state index >= 15 is 0 Å². The van der Waals surface area contributed by atoms with Crippen LogP contribution < -0.4 is 5.32 Å². The van der Waals surface area contributed by atoms with Crippen LogP contribution in [0.15, 0.2) is 30.3 Å². The number of carboxylic acids is 1. The van der Waals surface area contributed by atoms with E-state index in [1.807, 2.05) is 31.2 Å². The Balaban J connectivity index is 2.11. The van der Waals surface area contributed by atoms with Crippen LogP contribution in [-0.4, -0.2) is 46.9 Å². The largest absolute Gasteiger partial charge is 0.480 e. The van der Waals surface area contributed by atoms with Gasteiger partial charge in [0.2, 0.25) is 0 Å². The van der Waals surface area contributed by atoms with Gasteiger partial charge in [-0.1, -0.05) is 29.8 Å². The first-order valence-electron chi connectivity index (χ1n) is 6.66. The van der Waals surface area contributed by atoms with Crippen LogP contribution in [0.3, 0.4) is 0 Å². The number of rotatable bonds is 6. The van der Waals surface area contributed by atoms with Crippen LogP contribution in [0.2, 0.25) is 0 Å². The fourth-order valence-corrected chi connectivity index (χ4v) is 1.89. The molecule has 1 aromatic carbocycles. The molecule has 1 heterocycles. The lowest BCUT2D eigenvalue weighted by atomic mass is 10.1. The molecule has 116 valence electrons. The van der Waals surface area contributed by atoms with E-state index in [0.29, 0.717) is 5.69 Å². The van der Waals surface area contributed by atoms with Crippen LogP contribution in [-0.2, 0) is 9.53 Å². The van der Waals surface area contributed by atoms with Crippen molar-refractivity contribution in [3.05, 3.63) is 41.6 Å². The van der Waals surface area contributed by atoms with Crippen molar-refractivity contribution in [1.82, 2.24) is 15.5 Å². The minimum absolute atomic E-state index is 0.111. The molecule has 0 saturated carbocycles. The van der Waals surface area contributed by atoms with E-state index in [9.17, 15) is 9.59 Å². The highest BCUT2D eigenvalue weighted by atomic mass is 16.5. The number of hydrogen-bond donors (Lipinski definition) is 3. The summed E-state index contributed by atoms with van der Waals surface area (Å²) in [6, 6.07) is 8.16. The number of carbonyl (C=O) groups is 2. The number of aliphatic carboxylic acids is 1. The Morgan fingerprint density at radius 1 is 1.36 bits per heavy atom. The van der Waals surface area contributed by atoms with Crippen molar-refractivity contribution in [2.24, 2.45) is 0 Å². The number of amides is 1. The zero-order valence-electron chi connectivity index (χ0n) is 12.3. The average molecular weight is 303 g/mol. The SMILES string of the molecule is COCC(NC(=O)c1cc(-c2ccc(C)cc2)n[nH]1)C(=O)O. The second-order valence-corrected chi connectivity index (χ2v) is 4.85. The molecule has 1 atom stereocenters. The predicted molar refractivity (Wildman–Crippen MR) is 79.5 cm³/mol. The van der Waals surface area contributed by atoms with Gasteiger partial charge in [0, 0.05) is 12.7 Å². The highest BCUT2D eigenvalue weighted by Crippen LogP contribution is 2.18. The summed E-state index contributed by atoms with van der Waals surface area (Å²) < 4.78 is 4.77. The number of methoxy groups -OCH3 is 1. The van der Waals surface area contributed by atoms with Gasteiger partial charge in [-0.3, -0.25) is 9.89 Å². The Kier molecular flexibility index (Phi) is 4.90. The van der Waals surface area contributed by atoms with Gasteiger partial charge in [-0.2, -0.15) is 5.10 Å². The Labute approximate surface area is 127 Å². The van der Waals surface area contributed by atoms with E-state index in [1.165, 1.54) is 7.11 Å². The third kappa shape index (κ3) is 3.70. The summed E-state index contributed by atoms with van der Waals surface area (Å²) in [6.45, 7) is 1.87. The summed E-state index contributed by atoms with van der Waals surface area (Å²) >= 11 is 0. The first-order valence-corrected chi connectivity index (χ1v) is 6.66. The molecule has 1 amide bonds. The van der Waals surface area contributed by atoms with Gasteiger partial charge < -0.3 is 15.2 Å². The third-order valence-electron chi connectivity index (χ3n) is 3.11. The summed E-state index contributed by atoms with van der Waals surface area (Å²) in [7, 11) is 1.37. The Morgan fingerprint density at radius 3 is 2.64 bits per heavy atom. The Bertz CT molecular complexity index is 664. The molecule has 0 bridgehead atoms. The fourth-order valence-electron chi connectivity index (χ4n) is 1.89. The Morgan fingerprint density at radius 2 is 2.05 bits per heavy atom. The lowest BCUT2D eigenvalue weighted by Gasteiger charge is -2.12. The number of hydrogen-bond acceptors (Lipinski definition) is 4. The highest BCUT2D eigenvalue weighted by molar-refractivity contribution is 5.95. The number of aromatic amines is 1. The summed E-state index contributed by atoms with van der Waals surface area (Å²) in [4.78, 5) is 23.0. The minimum atomic E-state index is -1.16. The molecule has 3 N–H and O–H groups in total. The number of ether oxygens (including phenoxy) is 1. The van der Waals surface area contributed by atoms with E-state index in [1.54, 1.807) is 6.07 Å². The number of nitrogens with zero attached hydrogens (tertiary/aromatic N) is 1. The maximum atomic E-state index is 12.0. The molecule has 2 aromatic rings. The van der Waals surface area contributed by atoms with Gasteiger partial charge >= 0.3 is 5.97 Å². The molecule has 0 fully saturated rings. The summed E-state index contributed by atoms with van der Waals surface area (Å²) in [5.74, 6) is -1.70. The number of carbonyl (C=O) groups excluding carboxylic acids is 1. The number of aryl methyl sites for hydroxylation is 1. The Hall–Kier alpha value is -2.67. The first kappa shape index (κ1) is 15.7. The van der Waals surface area contributed by atoms with Gasteiger partial charge in [0.25, 0.3) is 5.91 Å². The molecule has 1 unspecified atom stereocenters. The van der Waals surface area contributed by atoms with Crippen LogP contribution in [0, 0.1) is 6.92 Å². The lowest BCUT2D eigenvalue weighted by molar-refractivity contribution is -0.140. The van der Waals surface area contributed by atoms with Crippen LogP contribution >= 0.6 is 0 Å². The smallest absolute Gasteiger partial charge is 0.328 e. The van der Waals surface area contributed by atoms with E-state index in [2.05, 4.69) is 15.5 Å². The first-order chi connectivity index (χ1) is 10.5. The van der Waals surface area contributed by atoms with Gasteiger partial charge in [-0.05, 0) is 13.0 Å².